The van der Waals surface area contributed by atoms with Crippen molar-refractivity contribution in [1.82, 2.24) is 10.2 Å². The van der Waals surface area contributed by atoms with E-state index < -0.39 is 0 Å². The fourth-order valence-electron chi connectivity index (χ4n) is 1.79. The molecule has 20 heavy (non-hydrogen) atoms. The highest BCUT2D eigenvalue weighted by Gasteiger charge is 2.17. The first-order valence-electron chi connectivity index (χ1n) is 6.90. The Kier molecular flexibility index (Phi) is 7.30. The van der Waals surface area contributed by atoms with Gasteiger partial charge >= 0.3 is 0 Å². The van der Waals surface area contributed by atoms with E-state index >= 15 is 0 Å². The van der Waals surface area contributed by atoms with Gasteiger partial charge in [0.05, 0.1) is 6.54 Å². The van der Waals surface area contributed by atoms with Gasteiger partial charge in [0.25, 0.3) is 5.91 Å². The molecule has 0 aliphatic heterocycles. The zero-order valence-corrected chi connectivity index (χ0v) is 13.6. The zero-order valence-electron chi connectivity index (χ0n) is 12.0. The summed E-state index contributed by atoms with van der Waals surface area (Å²) in [5.74, 6) is -0.211. The van der Waals surface area contributed by atoms with Crippen molar-refractivity contribution in [3.63, 3.8) is 0 Å². The summed E-state index contributed by atoms with van der Waals surface area (Å²) in [6, 6.07) is 7.18. The number of hydrogen-bond acceptors (Lipinski definition) is 2. The second-order valence-electron chi connectivity index (χ2n) is 4.58. The standard InChI is InChI=1S/C15H21BrN2O2/c1-3-9-17-14(19)11-18(10-4-2)15(20)12-5-7-13(16)8-6-12/h5-8H,3-4,9-11H2,1-2H3,(H,17,19). The molecule has 1 aromatic rings. The lowest BCUT2D eigenvalue weighted by molar-refractivity contribution is -0.121. The van der Waals surface area contributed by atoms with Gasteiger partial charge in [0.2, 0.25) is 5.91 Å². The summed E-state index contributed by atoms with van der Waals surface area (Å²) in [7, 11) is 0. The third-order valence-electron chi connectivity index (χ3n) is 2.78. The van der Waals surface area contributed by atoms with Gasteiger partial charge in [-0.1, -0.05) is 29.8 Å². The topological polar surface area (TPSA) is 49.4 Å². The highest BCUT2D eigenvalue weighted by molar-refractivity contribution is 9.10. The molecule has 1 aromatic carbocycles. The number of carbonyl (C=O) groups is 2. The van der Waals surface area contributed by atoms with Crippen LogP contribution in [0, 0.1) is 0 Å². The van der Waals surface area contributed by atoms with Crippen molar-refractivity contribution in [2.75, 3.05) is 19.6 Å². The van der Waals surface area contributed by atoms with Crippen molar-refractivity contribution in [2.45, 2.75) is 26.7 Å². The maximum absolute atomic E-state index is 12.4. The van der Waals surface area contributed by atoms with E-state index in [4.69, 9.17) is 0 Å². The van der Waals surface area contributed by atoms with Crippen LogP contribution in [0.4, 0.5) is 0 Å². The molecule has 0 atom stereocenters. The quantitative estimate of drug-likeness (QED) is 0.829. The lowest BCUT2D eigenvalue weighted by Crippen LogP contribution is -2.41. The van der Waals surface area contributed by atoms with Gasteiger partial charge in [0.1, 0.15) is 0 Å². The molecule has 0 spiro atoms. The molecular formula is C15H21BrN2O2. The summed E-state index contributed by atoms with van der Waals surface area (Å²) >= 11 is 3.34. The maximum atomic E-state index is 12.4. The van der Waals surface area contributed by atoms with Crippen LogP contribution in [-0.4, -0.2) is 36.3 Å². The zero-order chi connectivity index (χ0) is 15.0. The third-order valence-corrected chi connectivity index (χ3v) is 3.31. The molecule has 0 fully saturated rings. The van der Waals surface area contributed by atoms with E-state index in [-0.39, 0.29) is 18.4 Å². The van der Waals surface area contributed by atoms with Gasteiger partial charge < -0.3 is 10.2 Å². The van der Waals surface area contributed by atoms with Crippen molar-refractivity contribution in [1.29, 1.82) is 0 Å². The Balaban J connectivity index is 2.71. The molecule has 5 heteroatoms. The number of amides is 2. The molecule has 0 aliphatic carbocycles. The Hall–Kier alpha value is -1.36. The van der Waals surface area contributed by atoms with Crippen LogP contribution in [-0.2, 0) is 4.79 Å². The molecule has 4 nitrogen and oxygen atoms in total. The summed E-state index contributed by atoms with van der Waals surface area (Å²) in [6.07, 6.45) is 1.71. The second kappa shape index (κ2) is 8.74. The number of nitrogens with one attached hydrogen (secondary N) is 1. The summed E-state index contributed by atoms with van der Waals surface area (Å²) in [5, 5.41) is 2.80. The van der Waals surface area contributed by atoms with Gasteiger partial charge in [-0.15, -0.1) is 0 Å². The lowest BCUT2D eigenvalue weighted by Gasteiger charge is -2.21. The number of halogens is 1. The van der Waals surface area contributed by atoms with E-state index in [1.54, 1.807) is 17.0 Å². The first kappa shape index (κ1) is 16.7. The lowest BCUT2D eigenvalue weighted by atomic mass is 10.2. The Morgan fingerprint density at radius 2 is 1.80 bits per heavy atom. The van der Waals surface area contributed by atoms with Gasteiger partial charge in [0, 0.05) is 23.1 Å². The van der Waals surface area contributed by atoms with Crippen LogP contribution in [0.1, 0.15) is 37.0 Å². The highest BCUT2D eigenvalue weighted by atomic mass is 79.9. The van der Waals surface area contributed by atoms with Gasteiger partial charge in [-0.3, -0.25) is 9.59 Å². The van der Waals surface area contributed by atoms with Crippen LogP contribution in [0.3, 0.4) is 0 Å². The molecule has 0 saturated carbocycles. The van der Waals surface area contributed by atoms with Crippen LogP contribution in [0.5, 0.6) is 0 Å². The van der Waals surface area contributed by atoms with E-state index in [2.05, 4.69) is 21.2 Å². The minimum Gasteiger partial charge on any atom is -0.355 e. The van der Waals surface area contributed by atoms with Crippen LogP contribution < -0.4 is 5.32 Å². The molecule has 110 valence electrons. The van der Waals surface area contributed by atoms with Crippen LogP contribution in [0.25, 0.3) is 0 Å². The summed E-state index contributed by atoms with van der Waals surface area (Å²) in [6.45, 7) is 5.32. The van der Waals surface area contributed by atoms with Crippen molar-refractivity contribution in [3.8, 4) is 0 Å². The van der Waals surface area contributed by atoms with Gasteiger partial charge in [-0.25, -0.2) is 0 Å². The first-order valence-corrected chi connectivity index (χ1v) is 7.69. The average Bonchev–Trinajstić information content (AvgIpc) is 2.44. The van der Waals surface area contributed by atoms with Gasteiger partial charge in [-0.2, -0.15) is 0 Å². The molecule has 0 aromatic heterocycles. The monoisotopic (exact) mass is 340 g/mol. The van der Waals surface area contributed by atoms with E-state index in [0.717, 1.165) is 17.3 Å². The SMILES string of the molecule is CCCNC(=O)CN(CCC)C(=O)c1ccc(Br)cc1. The largest absolute Gasteiger partial charge is 0.355 e. The van der Waals surface area contributed by atoms with Crippen molar-refractivity contribution >= 4 is 27.7 Å². The fraction of sp³-hybridized carbons (Fsp3) is 0.467. The van der Waals surface area contributed by atoms with Crippen LogP contribution in [0.2, 0.25) is 0 Å². The van der Waals surface area contributed by atoms with Crippen LogP contribution >= 0.6 is 15.9 Å². The number of nitrogens with zero attached hydrogens (tertiary/aromatic N) is 1. The van der Waals surface area contributed by atoms with Gasteiger partial charge in [-0.05, 0) is 37.1 Å². The highest BCUT2D eigenvalue weighted by Crippen LogP contribution is 2.12. The molecule has 2 amide bonds. The van der Waals surface area contributed by atoms with Crippen LogP contribution in [0.15, 0.2) is 28.7 Å². The molecule has 1 N–H and O–H groups in total. The van der Waals surface area contributed by atoms with E-state index in [1.165, 1.54) is 0 Å². The molecule has 0 unspecified atom stereocenters. The minimum absolute atomic E-state index is 0.106. The third kappa shape index (κ3) is 5.33. The first-order chi connectivity index (χ1) is 9.58. The Labute approximate surface area is 128 Å². The van der Waals surface area contributed by atoms with Crippen molar-refractivity contribution in [3.05, 3.63) is 34.3 Å². The fourth-order valence-corrected chi connectivity index (χ4v) is 2.06. The normalized spacial score (nSPS) is 10.2. The summed E-state index contributed by atoms with van der Waals surface area (Å²) < 4.78 is 0.928. The molecule has 0 bridgehead atoms. The molecule has 0 heterocycles. The molecular weight excluding hydrogens is 320 g/mol. The Morgan fingerprint density at radius 1 is 1.15 bits per heavy atom. The molecule has 0 aliphatic rings. The van der Waals surface area contributed by atoms with E-state index in [0.29, 0.717) is 18.7 Å². The number of benzene rings is 1. The number of hydrogen-bond donors (Lipinski definition) is 1. The van der Waals surface area contributed by atoms with Crippen molar-refractivity contribution in [2.24, 2.45) is 0 Å². The maximum Gasteiger partial charge on any atom is 0.254 e. The minimum atomic E-state index is -0.106. The summed E-state index contributed by atoms with van der Waals surface area (Å²) in [4.78, 5) is 25.7. The average molecular weight is 341 g/mol. The predicted octanol–water partition coefficient (Wildman–Crippen LogP) is 2.83. The van der Waals surface area contributed by atoms with E-state index in [9.17, 15) is 9.59 Å². The molecule has 0 radical (unpaired) electrons. The number of carbonyl (C=O) groups excluding carboxylic acids is 2. The predicted molar refractivity (Wildman–Crippen MR) is 83.6 cm³/mol. The van der Waals surface area contributed by atoms with Crippen molar-refractivity contribution < 1.29 is 9.59 Å². The number of rotatable bonds is 7. The second-order valence-corrected chi connectivity index (χ2v) is 5.50. The smallest absolute Gasteiger partial charge is 0.254 e. The summed E-state index contributed by atoms with van der Waals surface area (Å²) in [5.41, 5.74) is 0.602. The molecule has 0 saturated heterocycles. The molecule has 1 rings (SSSR count). The Morgan fingerprint density at radius 3 is 2.35 bits per heavy atom. The van der Waals surface area contributed by atoms with E-state index in [1.807, 2.05) is 26.0 Å². The van der Waals surface area contributed by atoms with Gasteiger partial charge in [0.15, 0.2) is 0 Å². The Bertz CT molecular complexity index is 446.